The quantitative estimate of drug-likeness (QED) is 0.558. The molecule has 2 saturated heterocycles. The SMILES string of the molecule is Cc1ccc(C(=O)N2CC[C@]3(CN(CCc4ccccc4)C(=O)O3)C2)cc1NCc1cccnc1. The van der Waals surface area contributed by atoms with Crippen molar-refractivity contribution < 1.29 is 14.3 Å². The molecule has 2 aromatic carbocycles. The van der Waals surface area contributed by atoms with Gasteiger partial charge in [-0.25, -0.2) is 4.79 Å². The minimum Gasteiger partial charge on any atom is -0.439 e. The molecule has 2 aliphatic heterocycles. The van der Waals surface area contributed by atoms with Gasteiger partial charge >= 0.3 is 6.09 Å². The van der Waals surface area contributed by atoms with E-state index in [0.29, 0.717) is 44.7 Å². The number of hydrogen-bond acceptors (Lipinski definition) is 5. The fraction of sp³-hybridized carbons (Fsp3) is 0.321. The topological polar surface area (TPSA) is 74.8 Å². The molecule has 3 heterocycles. The Morgan fingerprint density at radius 1 is 1.09 bits per heavy atom. The van der Waals surface area contributed by atoms with Gasteiger partial charge in [0.1, 0.15) is 0 Å². The molecule has 3 aromatic rings. The first-order valence-electron chi connectivity index (χ1n) is 12.1. The van der Waals surface area contributed by atoms with Crippen LogP contribution >= 0.6 is 0 Å². The summed E-state index contributed by atoms with van der Waals surface area (Å²) in [5.74, 6) is -0.0370. The molecule has 0 saturated carbocycles. The Hall–Kier alpha value is -3.87. The molecule has 7 heteroatoms. The zero-order valence-electron chi connectivity index (χ0n) is 19.9. The first kappa shape index (κ1) is 22.9. The number of aryl methyl sites for hydroxylation is 1. The normalized spacial score (nSPS) is 19.3. The van der Waals surface area contributed by atoms with Gasteiger partial charge in [-0.05, 0) is 48.2 Å². The smallest absolute Gasteiger partial charge is 0.410 e. The number of amides is 2. The molecule has 2 aliphatic rings. The predicted octanol–water partition coefficient (Wildman–Crippen LogP) is 4.28. The maximum absolute atomic E-state index is 13.3. The van der Waals surface area contributed by atoms with Crippen molar-refractivity contribution in [3.8, 4) is 0 Å². The standard InChI is InChI=1S/C28H30N4O3/c1-21-9-10-24(16-25(21)30-18-23-8-5-13-29-17-23)26(33)31-15-12-28(19-31)20-32(27(34)35-28)14-11-22-6-3-2-4-7-22/h2-10,13,16-17,30H,11-12,14-15,18-20H2,1H3/t28-/m1/s1. The highest BCUT2D eigenvalue weighted by molar-refractivity contribution is 5.95. The summed E-state index contributed by atoms with van der Waals surface area (Å²) >= 11 is 0. The first-order valence-corrected chi connectivity index (χ1v) is 12.1. The molecule has 1 spiro atoms. The summed E-state index contributed by atoms with van der Waals surface area (Å²) in [6.45, 7) is 4.79. The number of nitrogens with zero attached hydrogens (tertiary/aromatic N) is 3. The highest BCUT2D eigenvalue weighted by Crippen LogP contribution is 2.33. The van der Waals surface area contributed by atoms with Crippen molar-refractivity contribution in [3.63, 3.8) is 0 Å². The molecule has 1 atom stereocenters. The Balaban J connectivity index is 1.21. The summed E-state index contributed by atoms with van der Waals surface area (Å²) in [5.41, 5.74) is 4.28. The van der Waals surface area contributed by atoms with E-state index in [0.717, 1.165) is 23.2 Å². The van der Waals surface area contributed by atoms with Crippen LogP contribution in [0.15, 0.2) is 73.1 Å². The van der Waals surface area contributed by atoms with Crippen LogP contribution in [0.3, 0.4) is 0 Å². The van der Waals surface area contributed by atoms with Crippen LogP contribution < -0.4 is 5.32 Å². The van der Waals surface area contributed by atoms with E-state index in [-0.39, 0.29) is 12.0 Å². The van der Waals surface area contributed by atoms with E-state index < -0.39 is 5.60 Å². The third kappa shape index (κ3) is 5.14. The number of anilines is 1. The lowest BCUT2D eigenvalue weighted by Gasteiger charge is -2.22. The maximum atomic E-state index is 13.3. The second-order valence-corrected chi connectivity index (χ2v) is 9.43. The first-order chi connectivity index (χ1) is 17.0. The average Bonchev–Trinajstić information content (AvgIpc) is 3.44. The molecule has 1 N–H and O–H groups in total. The van der Waals surface area contributed by atoms with E-state index in [1.807, 2.05) is 66.6 Å². The Morgan fingerprint density at radius 2 is 1.91 bits per heavy atom. The number of ether oxygens (including phenoxy) is 1. The van der Waals surface area contributed by atoms with Crippen LogP contribution in [0, 0.1) is 6.92 Å². The number of pyridine rings is 1. The minimum atomic E-state index is -0.616. The van der Waals surface area contributed by atoms with E-state index in [2.05, 4.69) is 22.4 Å². The molecular weight excluding hydrogens is 440 g/mol. The van der Waals surface area contributed by atoms with Crippen molar-refractivity contribution in [1.82, 2.24) is 14.8 Å². The molecule has 35 heavy (non-hydrogen) atoms. The molecule has 0 unspecified atom stereocenters. The number of hydrogen-bond donors (Lipinski definition) is 1. The van der Waals surface area contributed by atoms with Crippen LogP contribution in [0.1, 0.15) is 33.5 Å². The van der Waals surface area contributed by atoms with Gasteiger partial charge in [-0.3, -0.25) is 9.78 Å². The Morgan fingerprint density at radius 3 is 2.71 bits per heavy atom. The van der Waals surface area contributed by atoms with Gasteiger partial charge in [0.25, 0.3) is 5.91 Å². The molecule has 1 aromatic heterocycles. The lowest BCUT2D eigenvalue weighted by molar-refractivity contribution is 0.0553. The van der Waals surface area contributed by atoms with Crippen LogP contribution in [0.5, 0.6) is 0 Å². The number of nitrogens with one attached hydrogen (secondary N) is 1. The van der Waals surface area contributed by atoms with Gasteiger partial charge in [0, 0.05) is 49.7 Å². The Labute approximate surface area is 205 Å². The van der Waals surface area contributed by atoms with Gasteiger partial charge in [0.15, 0.2) is 5.60 Å². The number of benzene rings is 2. The molecule has 180 valence electrons. The summed E-state index contributed by atoms with van der Waals surface area (Å²) in [6, 6.07) is 19.8. The van der Waals surface area contributed by atoms with Crippen molar-refractivity contribution >= 4 is 17.7 Å². The lowest BCUT2D eigenvalue weighted by atomic mass is 10.0. The summed E-state index contributed by atoms with van der Waals surface area (Å²) < 4.78 is 5.83. The highest BCUT2D eigenvalue weighted by Gasteiger charge is 2.50. The third-order valence-electron chi connectivity index (χ3n) is 6.85. The minimum absolute atomic E-state index is 0.0370. The zero-order chi connectivity index (χ0) is 24.3. The van der Waals surface area contributed by atoms with Crippen LogP contribution in [0.25, 0.3) is 0 Å². The number of likely N-dealkylation sites (tertiary alicyclic amines) is 1. The van der Waals surface area contributed by atoms with Gasteiger partial charge in [-0.15, -0.1) is 0 Å². The van der Waals surface area contributed by atoms with Crippen LogP contribution in [-0.4, -0.2) is 58.6 Å². The second-order valence-electron chi connectivity index (χ2n) is 9.43. The van der Waals surface area contributed by atoms with Crippen molar-refractivity contribution in [1.29, 1.82) is 0 Å². The van der Waals surface area contributed by atoms with E-state index in [1.165, 1.54) is 5.56 Å². The third-order valence-corrected chi connectivity index (χ3v) is 6.85. The van der Waals surface area contributed by atoms with Crippen molar-refractivity contribution in [3.05, 3.63) is 95.3 Å². The van der Waals surface area contributed by atoms with Crippen molar-refractivity contribution in [2.45, 2.75) is 31.9 Å². The molecule has 5 rings (SSSR count). The molecule has 2 fully saturated rings. The lowest BCUT2D eigenvalue weighted by Crippen LogP contribution is -2.39. The molecular formula is C28H30N4O3. The molecule has 2 amide bonds. The number of carbonyl (C=O) groups is 2. The maximum Gasteiger partial charge on any atom is 0.410 e. The predicted molar refractivity (Wildman–Crippen MR) is 134 cm³/mol. The number of rotatable bonds is 7. The summed E-state index contributed by atoms with van der Waals surface area (Å²) in [5, 5.41) is 3.42. The largest absolute Gasteiger partial charge is 0.439 e. The monoisotopic (exact) mass is 470 g/mol. The van der Waals surface area contributed by atoms with Crippen LogP contribution in [0.2, 0.25) is 0 Å². The fourth-order valence-electron chi connectivity index (χ4n) is 4.83. The van der Waals surface area contributed by atoms with E-state index in [4.69, 9.17) is 4.74 Å². The van der Waals surface area contributed by atoms with E-state index in [9.17, 15) is 9.59 Å². The zero-order valence-corrected chi connectivity index (χ0v) is 19.9. The molecule has 0 aliphatic carbocycles. The number of aromatic nitrogens is 1. The second kappa shape index (κ2) is 9.78. The summed E-state index contributed by atoms with van der Waals surface area (Å²) in [4.78, 5) is 33.6. The summed E-state index contributed by atoms with van der Waals surface area (Å²) in [6.07, 6.45) is 4.73. The average molecular weight is 471 g/mol. The van der Waals surface area contributed by atoms with Gasteiger partial charge < -0.3 is 19.9 Å². The van der Waals surface area contributed by atoms with Crippen LogP contribution in [0.4, 0.5) is 10.5 Å². The van der Waals surface area contributed by atoms with Gasteiger partial charge in [0.2, 0.25) is 0 Å². The fourth-order valence-corrected chi connectivity index (χ4v) is 4.83. The van der Waals surface area contributed by atoms with E-state index in [1.54, 1.807) is 11.1 Å². The van der Waals surface area contributed by atoms with Crippen molar-refractivity contribution in [2.24, 2.45) is 0 Å². The molecule has 0 radical (unpaired) electrons. The molecule has 0 bridgehead atoms. The van der Waals surface area contributed by atoms with E-state index >= 15 is 0 Å². The molecule has 7 nitrogen and oxygen atoms in total. The van der Waals surface area contributed by atoms with Gasteiger partial charge in [-0.1, -0.05) is 42.5 Å². The Kier molecular flexibility index (Phi) is 6.40. The van der Waals surface area contributed by atoms with Crippen LogP contribution in [-0.2, 0) is 17.7 Å². The van der Waals surface area contributed by atoms with Crippen molar-refractivity contribution in [2.75, 3.05) is 31.5 Å². The van der Waals surface area contributed by atoms with Gasteiger partial charge in [0.05, 0.1) is 13.1 Å². The highest BCUT2D eigenvalue weighted by atomic mass is 16.6. The van der Waals surface area contributed by atoms with Gasteiger partial charge in [-0.2, -0.15) is 0 Å². The Bertz CT molecular complexity index is 1200. The summed E-state index contributed by atoms with van der Waals surface area (Å²) in [7, 11) is 0. The number of carbonyl (C=O) groups excluding carboxylic acids is 2.